The Morgan fingerprint density at radius 2 is 2.10 bits per heavy atom. The zero-order valence-electron chi connectivity index (χ0n) is 11.5. The molecule has 2 rings (SSSR count). The average molecular weight is 349 g/mol. The average Bonchev–Trinajstić information content (AvgIpc) is 2.95. The Balaban J connectivity index is 2.14. The van der Waals surface area contributed by atoms with Gasteiger partial charge in [0, 0.05) is 22.5 Å². The summed E-state index contributed by atoms with van der Waals surface area (Å²) in [6, 6.07) is 2.65. The van der Waals surface area contributed by atoms with E-state index in [9.17, 15) is 13.2 Å². The summed E-state index contributed by atoms with van der Waals surface area (Å²) in [5.41, 5.74) is 0.507. The van der Waals surface area contributed by atoms with E-state index in [0.717, 1.165) is 11.3 Å². The van der Waals surface area contributed by atoms with Gasteiger partial charge in [-0.05, 0) is 26.0 Å². The Morgan fingerprint density at radius 1 is 1.43 bits per heavy atom. The van der Waals surface area contributed by atoms with E-state index >= 15 is 0 Å². The van der Waals surface area contributed by atoms with Crippen LogP contribution in [0.3, 0.4) is 0 Å². The van der Waals surface area contributed by atoms with Crippen LogP contribution in [-0.2, 0) is 9.05 Å². The number of halogens is 1. The summed E-state index contributed by atoms with van der Waals surface area (Å²) in [6.45, 7) is 5.08. The maximum atomic E-state index is 12.1. The highest BCUT2D eigenvalue weighted by molar-refractivity contribution is 8.15. The molecule has 1 atom stereocenters. The predicted octanol–water partition coefficient (Wildman–Crippen LogP) is 2.77. The van der Waals surface area contributed by atoms with Crippen molar-refractivity contribution in [1.29, 1.82) is 0 Å². The minimum atomic E-state index is -3.75. The predicted molar refractivity (Wildman–Crippen MR) is 79.2 cm³/mol. The number of hydrogen-bond donors (Lipinski definition) is 1. The van der Waals surface area contributed by atoms with Crippen LogP contribution in [0, 0.1) is 13.8 Å². The van der Waals surface area contributed by atoms with Crippen LogP contribution in [0.5, 0.6) is 0 Å². The third-order valence-corrected chi connectivity index (χ3v) is 6.09. The van der Waals surface area contributed by atoms with E-state index in [1.165, 1.54) is 6.07 Å². The zero-order chi connectivity index (χ0) is 15.8. The minimum Gasteiger partial charge on any atom is -0.436 e. The van der Waals surface area contributed by atoms with E-state index in [-0.39, 0.29) is 16.0 Å². The molecular weight excluding hydrogens is 336 g/mol. The van der Waals surface area contributed by atoms with Crippen molar-refractivity contribution in [3.05, 3.63) is 34.4 Å². The minimum absolute atomic E-state index is 0.0481. The second kappa shape index (κ2) is 5.78. The Kier molecular flexibility index (Phi) is 4.40. The van der Waals surface area contributed by atoms with Crippen molar-refractivity contribution in [2.75, 3.05) is 0 Å². The molecule has 0 bridgehead atoms. The van der Waals surface area contributed by atoms with Crippen LogP contribution in [0.25, 0.3) is 0 Å². The molecule has 21 heavy (non-hydrogen) atoms. The van der Waals surface area contributed by atoms with Gasteiger partial charge in [-0.1, -0.05) is 0 Å². The fourth-order valence-corrected chi connectivity index (χ4v) is 3.87. The number of aromatic nitrogens is 1. The second-order valence-electron chi connectivity index (χ2n) is 4.44. The van der Waals surface area contributed by atoms with Gasteiger partial charge in [0.05, 0.1) is 11.7 Å². The van der Waals surface area contributed by atoms with Gasteiger partial charge in [0.15, 0.2) is 5.89 Å². The lowest BCUT2D eigenvalue weighted by Gasteiger charge is -2.10. The number of carbonyl (C=O) groups is 1. The number of amides is 1. The Labute approximate surface area is 130 Å². The van der Waals surface area contributed by atoms with E-state index in [0.29, 0.717) is 16.5 Å². The Bertz CT molecular complexity index is 779. The smallest absolute Gasteiger partial charge is 0.289 e. The molecular formula is C12H13ClN2O4S2. The monoisotopic (exact) mass is 348 g/mol. The molecule has 0 aliphatic rings. The first kappa shape index (κ1) is 16.0. The molecule has 1 unspecified atom stereocenters. The number of carbonyl (C=O) groups excluding carboxylic acids is 1. The molecule has 0 spiro atoms. The van der Waals surface area contributed by atoms with E-state index < -0.39 is 15.0 Å². The Morgan fingerprint density at radius 3 is 2.57 bits per heavy atom. The second-order valence-corrected chi connectivity index (χ2v) is 8.35. The number of aryl methyl sites for hydroxylation is 2. The summed E-state index contributed by atoms with van der Waals surface area (Å²) in [7, 11) is 1.52. The van der Waals surface area contributed by atoms with Crippen LogP contribution < -0.4 is 5.32 Å². The molecule has 0 aliphatic heterocycles. The number of nitrogens with one attached hydrogen (secondary N) is 1. The van der Waals surface area contributed by atoms with Crippen molar-refractivity contribution < 1.29 is 17.6 Å². The van der Waals surface area contributed by atoms with Gasteiger partial charge in [-0.3, -0.25) is 4.79 Å². The largest absolute Gasteiger partial charge is 0.436 e. The summed E-state index contributed by atoms with van der Waals surface area (Å²) < 4.78 is 27.7. The van der Waals surface area contributed by atoms with E-state index in [1.54, 1.807) is 26.8 Å². The van der Waals surface area contributed by atoms with Crippen LogP contribution in [0.15, 0.2) is 20.8 Å². The normalized spacial score (nSPS) is 13.1. The molecule has 9 heteroatoms. The molecule has 114 valence electrons. The number of nitrogens with zero attached hydrogens (tertiary/aromatic N) is 1. The van der Waals surface area contributed by atoms with Crippen LogP contribution in [0.2, 0.25) is 0 Å². The van der Waals surface area contributed by atoms with Gasteiger partial charge < -0.3 is 9.73 Å². The number of thiophene rings is 1. The topological polar surface area (TPSA) is 89.3 Å². The van der Waals surface area contributed by atoms with Crippen molar-refractivity contribution in [2.24, 2.45) is 0 Å². The first-order valence-electron chi connectivity index (χ1n) is 5.97. The SMILES string of the molecule is Cc1nc(C)c(C(=O)NC(C)c2ccc(S(=O)(=O)Cl)s2)o1. The molecule has 6 nitrogen and oxygen atoms in total. The number of oxazole rings is 1. The fourth-order valence-electron chi connectivity index (χ4n) is 1.77. The van der Waals surface area contributed by atoms with Crippen molar-refractivity contribution in [3.8, 4) is 0 Å². The summed E-state index contributed by atoms with van der Waals surface area (Å²) >= 11 is 1.01. The molecule has 0 radical (unpaired) electrons. The Hall–Kier alpha value is -1.38. The highest BCUT2D eigenvalue weighted by Gasteiger charge is 2.21. The van der Waals surface area contributed by atoms with Gasteiger partial charge in [-0.25, -0.2) is 13.4 Å². The molecule has 2 aromatic rings. The van der Waals surface area contributed by atoms with Crippen molar-refractivity contribution in [2.45, 2.75) is 31.0 Å². The molecule has 0 saturated heterocycles. The first-order valence-corrected chi connectivity index (χ1v) is 9.10. The lowest BCUT2D eigenvalue weighted by Crippen LogP contribution is -2.26. The van der Waals surface area contributed by atoms with Crippen molar-refractivity contribution >= 4 is 37.0 Å². The van der Waals surface area contributed by atoms with E-state index in [2.05, 4.69) is 10.3 Å². The van der Waals surface area contributed by atoms with Crippen LogP contribution in [0.1, 0.15) is 40.0 Å². The summed E-state index contributed by atoms with van der Waals surface area (Å²) in [5.74, 6) is 0.169. The number of hydrogen-bond acceptors (Lipinski definition) is 6. The van der Waals surface area contributed by atoms with Crippen LogP contribution in [0.4, 0.5) is 0 Å². The molecule has 1 amide bonds. The van der Waals surface area contributed by atoms with Gasteiger partial charge in [-0.2, -0.15) is 0 Å². The molecule has 0 aliphatic carbocycles. The molecule has 0 aromatic carbocycles. The molecule has 2 heterocycles. The molecule has 0 fully saturated rings. The molecule has 1 N–H and O–H groups in total. The first-order chi connectivity index (χ1) is 9.68. The number of rotatable bonds is 4. The summed E-state index contributed by atoms with van der Waals surface area (Å²) in [4.78, 5) is 16.8. The highest BCUT2D eigenvalue weighted by atomic mass is 35.7. The van der Waals surface area contributed by atoms with Gasteiger partial charge in [0.2, 0.25) is 5.76 Å². The van der Waals surface area contributed by atoms with Crippen LogP contribution >= 0.6 is 22.0 Å². The van der Waals surface area contributed by atoms with Gasteiger partial charge >= 0.3 is 0 Å². The van der Waals surface area contributed by atoms with Crippen molar-refractivity contribution in [3.63, 3.8) is 0 Å². The van der Waals surface area contributed by atoms with Gasteiger partial charge in [0.1, 0.15) is 4.21 Å². The third-order valence-electron chi connectivity index (χ3n) is 2.73. The third kappa shape index (κ3) is 3.63. The standard InChI is InChI=1S/C12H13ClN2O4S2/c1-6(9-4-5-10(20-9)21(13,17)18)15-12(16)11-7(2)14-8(3)19-11/h4-6H,1-3H3,(H,15,16). The highest BCUT2D eigenvalue weighted by Crippen LogP contribution is 2.29. The van der Waals surface area contributed by atoms with Crippen LogP contribution in [-0.4, -0.2) is 19.3 Å². The lowest BCUT2D eigenvalue weighted by molar-refractivity contribution is 0.0910. The maximum absolute atomic E-state index is 12.1. The van der Waals surface area contributed by atoms with Crippen molar-refractivity contribution in [1.82, 2.24) is 10.3 Å². The zero-order valence-corrected chi connectivity index (χ0v) is 13.9. The maximum Gasteiger partial charge on any atom is 0.289 e. The van der Waals surface area contributed by atoms with Gasteiger partial charge in [-0.15, -0.1) is 11.3 Å². The molecule has 0 saturated carbocycles. The van der Waals surface area contributed by atoms with Gasteiger partial charge in [0.25, 0.3) is 15.0 Å². The van der Waals surface area contributed by atoms with E-state index in [4.69, 9.17) is 15.1 Å². The quantitative estimate of drug-likeness (QED) is 0.858. The summed E-state index contributed by atoms with van der Waals surface area (Å²) in [5, 5.41) is 2.73. The fraction of sp³-hybridized carbons (Fsp3) is 0.333. The molecule has 2 aromatic heterocycles. The lowest BCUT2D eigenvalue weighted by atomic mass is 10.2. The van der Waals surface area contributed by atoms with E-state index in [1.807, 2.05) is 0 Å². The summed E-state index contributed by atoms with van der Waals surface area (Å²) in [6.07, 6.45) is 0.